The van der Waals surface area contributed by atoms with E-state index in [4.69, 9.17) is 4.74 Å². The Kier molecular flexibility index (Phi) is 6.95. The van der Waals surface area contributed by atoms with E-state index in [1.165, 1.54) is 11.8 Å². The fraction of sp³-hybridized carbons (Fsp3) is 0.273. The molecule has 0 aliphatic rings. The molecule has 0 fully saturated rings. The van der Waals surface area contributed by atoms with Gasteiger partial charge in [0.05, 0.1) is 25.2 Å². The van der Waals surface area contributed by atoms with Crippen LogP contribution in [0.25, 0.3) is 0 Å². The van der Waals surface area contributed by atoms with E-state index in [9.17, 15) is 9.90 Å². The molecule has 2 aromatic carbocycles. The average molecular weight is 412 g/mol. The maximum atomic E-state index is 12.4. The minimum Gasteiger partial charge on any atom is -0.497 e. The van der Waals surface area contributed by atoms with Crippen molar-refractivity contribution in [3.8, 4) is 5.75 Å². The Hall–Kier alpha value is -2.77. The monoisotopic (exact) mass is 411 g/mol. The number of imidazole rings is 1. The van der Waals surface area contributed by atoms with Crippen molar-refractivity contribution in [2.45, 2.75) is 32.2 Å². The second-order valence-corrected chi connectivity index (χ2v) is 7.68. The van der Waals surface area contributed by atoms with Crippen LogP contribution in [0.4, 0.5) is 5.69 Å². The summed E-state index contributed by atoms with van der Waals surface area (Å²) >= 11 is 1.35. The smallest absolute Gasteiger partial charge is 0.234 e. The number of nitrogens with zero attached hydrogens (tertiary/aromatic N) is 2. The highest BCUT2D eigenvalue weighted by Crippen LogP contribution is 2.22. The SMILES string of the molecule is COc1ccc(Cn2cc(CO)nc2SCC(=O)Nc2cccc(C)c2C)cc1. The normalized spacial score (nSPS) is 10.8. The van der Waals surface area contributed by atoms with Crippen molar-refractivity contribution in [3.63, 3.8) is 0 Å². The van der Waals surface area contributed by atoms with E-state index in [1.54, 1.807) is 7.11 Å². The van der Waals surface area contributed by atoms with Crippen LogP contribution in [-0.2, 0) is 17.9 Å². The molecule has 0 aliphatic heterocycles. The molecule has 1 heterocycles. The van der Waals surface area contributed by atoms with Gasteiger partial charge in [0, 0.05) is 18.4 Å². The summed E-state index contributed by atoms with van der Waals surface area (Å²) in [5.41, 5.74) is 4.69. The number of benzene rings is 2. The van der Waals surface area contributed by atoms with Crippen LogP contribution in [0.2, 0.25) is 0 Å². The number of aromatic nitrogens is 2. The number of ether oxygens (including phenoxy) is 1. The minimum absolute atomic E-state index is 0.0896. The van der Waals surface area contributed by atoms with Gasteiger partial charge in [-0.05, 0) is 48.7 Å². The van der Waals surface area contributed by atoms with Crippen molar-refractivity contribution in [3.05, 3.63) is 71.0 Å². The number of aliphatic hydroxyl groups excluding tert-OH is 1. The molecule has 7 heteroatoms. The minimum atomic E-state index is -0.141. The molecule has 2 N–H and O–H groups in total. The first-order chi connectivity index (χ1) is 14.0. The molecule has 0 saturated carbocycles. The first-order valence-electron chi connectivity index (χ1n) is 9.29. The predicted octanol–water partition coefficient (Wildman–Crippen LogP) is 3.78. The molecule has 1 aromatic heterocycles. The number of hydrogen-bond acceptors (Lipinski definition) is 5. The van der Waals surface area contributed by atoms with Gasteiger partial charge in [-0.2, -0.15) is 0 Å². The summed E-state index contributed by atoms with van der Waals surface area (Å²) in [5.74, 6) is 0.944. The van der Waals surface area contributed by atoms with Gasteiger partial charge in [-0.15, -0.1) is 0 Å². The van der Waals surface area contributed by atoms with Crippen LogP contribution >= 0.6 is 11.8 Å². The summed E-state index contributed by atoms with van der Waals surface area (Å²) in [5, 5.41) is 13.1. The number of nitrogens with one attached hydrogen (secondary N) is 1. The Bertz CT molecular complexity index is 983. The molecule has 0 bridgehead atoms. The van der Waals surface area contributed by atoms with Gasteiger partial charge in [-0.3, -0.25) is 4.79 Å². The Balaban J connectivity index is 1.67. The number of methoxy groups -OCH3 is 1. The van der Waals surface area contributed by atoms with E-state index in [2.05, 4.69) is 10.3 Å². The van der Waals surface area contributed by atoms with Crippen molar-refractivity contribution in [2.75, 3.05) is 18.2 Å². The van der Waals surface area contributed by atoms with Gasteiger partial charge in [0.1, 0.15) is 5.75 Å². The molecule has 152 valence electrons. The molecule has 0 radical (unpaired) electrons. The number of rotatable bonds is 8. The third-order valence-electron chi connectivity index (χ3n) is 4.67. The molecule has 0 unspecified atom stereocenters. The zero-order chi connectivity index (χ0) is 20.8. The number of aryl methyl sites for hydroxylation is 1. The number of hydrogen-bond donors (Lipinski definition) is 2. The van der Waals surface area contributed by atoms with Gasteiger partial charge in [0.15, 0.2) is 5.16 Å². The fourth-order valence-corrected chi connectivity index (χ4v) is 3.68. The van der Waals surface area contributed by atoms with Gasteiger partial charge in [-0.25, -0.2) is 4.98 Å². The number of amides is 1. The van der Waals surface area contributed by atoms with Gasteiger partial charge >= 0.3 is 0 Å². The molecular weight excluding hydrogens is 386 g/mol. The zero-order valence-electron chi connectivity index (χ0n) is 16.8. The molecule has 3 aromatic rings. The summed E-state index contributed by atoms with van der Waals surface area (Å²) in [6.07, 6.45) is 1.81. The Morgan fingerprint density at radius 1 is 1.21 bits per heavy atom. The van der Waals surface area contributed by atoms with Crippen LogP contribution in [0.5, 0.6) is 5.75 Å². The van der Waals surface area contributed by atoms with E-state index in [-0.39, 0.29) is 18.3 Å². The van der Waals surface area contributed by atoms with Gasteiger partial charge in [-0.1, -0.05) is 36.0 Å². The van der Waals surface area contributed by atoms with Crippen molar-refractivity contribution in [1.29, 1.82) is 0 Å². The quantitative estimate of drug-likeness (QED) is 0.552. The Labute approximate surface area is 174 Å². The average Bonchev–Trinajstić information content (AvgIpc) is 3.12. The lowest BCUT2D eigenvalue weighted by atomic mass is 10.1. The Morgan fingerprint density at radius 3 is 2.66 bits per heavy atom. The molecule has 3 rings (SSSR count). The summed E-state index contributed by atoms with van der Waals surface area (Å²) in [6, 6.07) is 13.6. The van der Waals surface area contributed by atoms with E-state index < -0.39 is 0 Å². The second kappa shape index (κ2) is 9.62. The standard InChI is InChI=1S/C22H25N3O3S/c1-15-5-4-6-20(16(15)2)24-21(27)14-29-22-23-18(13-26)12-25(22)11-17-7-9-19(28-3)10-8-17/h4-10,12,26H,11,13-14H2,1-3H3,(H,24,27). The fourth-order valence-electron chi connectivity index (χ4n) is 2.89. The molecule has 0 atom stereocenters. The molecule has 0 aliphatic carbocycles. The number of carbonyl (C=O) groups excluding carboxylic acids is 1. The van der Waals surface area contributed by atoms with Crippen LogP contribution in [-0.4, -0.2) is 33.4 Å². The highest BCUT2D eigenvalue weighted by molar-refractivity contribution is 7.99. The Morgan fingerprint density at radius 2 is 1.97 bits per heavy atom. The summed E-state index contributed by atoms with van der Waals surface area (Å²) in [4.78, 5) is 16.9. The highest BCUT2D eigenvalue weighted by atomic mass is 32.2. The number of carbonyl (C=O) groups is 1. The molecule has 29 heavy (non-hydrogen) atoms. The lowest BCUT2D eigenvalue weighted by Crippen LogP contribution is -2.15. The van der Waals surface area contributed by atoms with Crippen molar-refractivity contribution >= 4 is 23.4 Å². The van der Waals surface area contributed by atoms with Crippen molar-refractivity contribution in [2.24, 2.45) is 0 Å². The van der Waals surface area contributed by atoms with E-state index in [0.717, 1.165) is 28.1 Å². The van der Waals surface area contributed by atoms with Crippen molar-refractivity contribution < 1.29 is 14.6 Å². The predicted molar refractivity (Wildman–Crippen MR) is 116 cm³/mol. The first kappa shape index (κ1) is 21.0. The maximum absolute atomic E-state index is 12.4. The third-order valence-corrected chi connectivity index (χ3v) is 5.67. The molecule has 1 amide bonds. The summed E-state index contributed by atoms with van der Waals surface area (Å²) in [6.45, 7) is 4.47. The molecule has 0 saturated heterocycles. The maximum Gasteiger partial charge on any atom is 0.234 e. The van der Waals surface area contributed by atoms with E-state index in [0.29, 0.717) is 17.4 Å². The van der Waals surface area contributed by atoms with Gasteiger partial charge in [0.25, 0.3) is 0 Å². The third kappa shape index (κ3) is 5.40. The number of aliphatic hydroxyl groups is 1. The lowest BCUT2D eigenvalue weighted by Gasteiger charge is -2.11. The van der Waals surface area contributed by atoms with Crippen LogP contribution in [0.15, 0.2) is 53.8 Å². The largest absolute Gasteiger partial charge is 0.497 e. The number of thioether (sulfide) groups is 1. The van der Waals surface area contributed by atoms with Crippen LogP contribution < -0.4 is 10.1 Å². The first-order valence-corrected chi connectivity index (χ1v) is 10.3. The van der Waals surface area contributed by atoms with Crippen LogP contribution in [0.1, 0.15) is 22.4 Å². The number of anilines is 1. The topological polar surface area (TPSA) is 76.4 Å². The van der Waals surface area contributed by atoms with E-state index in [1.807, 2.05) is 67.1 Å². The summed E-state index contributed by atoms with van der Waals surface area (Å²) < 4.78 is 7.14. The van der Waals surface area contributed by atoms with Gasteiger partial charge < -0.3 is 19.7 Å². The molecule has 6 nitrogen and oxygen atoms in total. The second-order valence-electron chi connectivity index (χ2n) is 6.73. The van der Waals surface area contributed by atoms with Crippen LogP contribution in [0.3, 0.4) is 0 Å². The lowest BCUT2D eigenvalue weighted by molar-refractivity contribution is -0.113. The van der Waals surface area contributed by atoms with Crippen molar-refractivity contribution in [1.82, 2.24) is 9.55 Å². The van der Waals surface area contributed by atoms with E-state index >= 15 is 0 Å². The highest BCUT2D eigenvalue weighted by Gasteiger charge is 2.12. The molecule has 0 spiro atoms. The van der Waals surface area contributed by atoms with Gasteiger partial charge in [0.2, 0.25) is 5.91 Å². The zero-order valence-corrected chi connectivity index (χ0v) is 17.6. The summed E-state index contributed by atoms with van der Waals surface area (Å²) in [7, 11) is 1.64. The molecular formula is C22H25N3O3S. The van der Waals surface area contributed by atoms with Crippen LogP contribution in [0, 0.1) is 13.8 Å².